The molecule has 2 aliphatic rings. The number of amides is 1. The van der Waals surface area contributed by atoms with Crippen molar-refractivity contribution in [3.63, 3.8) is 0 Å². The summed E-state index contributed by atoms with van der Waals surface area (Å²) in [6, 6.07) is -0.610. The third-order valence-corrected chi connectivity index (χ3v) is 3.91. The van der Waals surface area contributed by atoms with Gasteiger partial charge in [-0.3, -0.25) is 4.79 Å². The number of carboxylic acids is 1. The SMILES string of the molecule is CC1(C(=O)N2CCC[C@H]2C(=O)O)CCCNC1. The lowest BCUT2D eigenvalue weighted by Gasteiger charge is -2.37. The van der Waals surface area contributed by atoms with E-state index in [-0.39, 0.29) is 5.91 Å². The molecule has 1 unspecified atom stereocenters. The highest BCUT2D eigenvalue weighted by Crippen LogP contribution is 2.31. The highest BCUT2D eigenvalue weighted by atomic mass is 16.4. The molecule has 2 fully saturated rings. The molecule has 2 N–H and O–H groups in total. The number of nitrogens with one attached hydrogen (secondary N) is 1. The van der Waals surface area contributed by atoms with Crippen molar-refractivity contribution in [2.24, 2.45) is 5.41 Å². The maximum absolute atomic E-state index is 12.5. The van der Waals surface area contributed by atoms with Crippen molar-refractivity contribution in [3.8, 4) is 0 Å². The van der Waals surface area contributed by atoms with Gasteiger partial charge >= 0.3 is 5.97 Å². The lowest BCUT2D eigenvalue weighted by atomic mass is 9.81. The summed E-state index contributed by atoms with van der Waals surface area (Å²) in [4.78, 5) is 25.1. The average molecular weight is 240 g/mol. The van der Waals surface area contributed by atoms with Gasteiger partial charge in [0.15, 0.2) is 0 Å². The van der Waals surface area contributed by atoms with Crippen LogP contribution in [0.3, 0.4) is 0 Å². The van der Waals surface area contributed by atoms with Gasteiger partial charge in [-0.05, 0) is 39.2 Å². The quantitative estimate of drug-likeness (QED) is 0.735. The molecule has 0 radical (unpaired) electrons. The largest absolute Gasteiger partial charge is 0.480 e. The molecule has 0 aromatic heterocycles. The number of carbonyl (C=O) groups excluding carboxylic acids is 1. The van der Waals surface area contributed by atoms with Crippen LogP contribution in [0.15, 0.2) is 0 Å². The van der Waals surface area contributed by atoms with Crippen LogP contribution in [0.1, 0.15) is 32.6 Å². The highest BCUT2D eigenvalue weighted by Gasteiger charge is 2.43. The second-order valence-corrected chi connectivity index (χ2v) is 5.34. The summed E-state index contributed by atoms with van der Waals surface area (Å²) in [6.07, 6.45) is 3.21. The van der Waals surface area contributed by atoms with Crippen molar-refractivity contribution < 1.29 is 14.7 Å². The molecule has 5 nitrogen and oxygen atoms in total. The van der Waals surface area contributed by atoms with Gasteiger partial charge in [-0.1, -0.05) is 0 Å². The van der Waals surface area contributed by atoms with Crippen molar-refractivity contribution in [2.45, 2.75) is 38.6 Å². The van der Waals surface area contributed by atoms with Gasteiger partial charge in [0.05, 0.1) is 5.41 Å². The minimum atomic E-state index is -0.872. The zero-order chi connectivity index (χ0) is 12.5. The molecule has 5 heteroatoms. The third kappa shape index (κ3) is 2.29. The predicted octanol–water partition coefficient (Wildman–Crippen LogP) is 0.452. The Morgan fingerprint density at radius 2 is 2.18 bits per heavy atom. The Morgan fingerprint density at radius 3 is 2.76 bits per heavy atom. The molecule has 2 heterocycles. The molecule has 2 saturated heterocycles. The summed E-state index contributed by atoms with van der Waals surface area (Å²) in [5.74, 6) is -0.863. The van der Waals surface area contributed by atoms with E-state index in [0.29, 0.717) is 19.5 Å². The highest BCUT2D eigenvalue weighted by molar-refractivity contribution is 5.88. The van der Waals surface area contributed by atoms with E-state index in [0.717, 1.165) is 25.8 Å². The van der Waals surface area contributed by atoms with Gasteiger partial charge in [0, 0.05) is 13.1 Å². The van der Waals surface area contributed by atoms with Crippen molar-refractivity contribution in [1.82, 2.24) is 10.2 Å². The molecule has 0 spiro atoms. The molecular formula is C12H20N2O3. The van der Waals surface area contributed by atoms with Crippen LogP contribution in [-0.4, -0.2) is 47.6 Å². The molecule has 0 saturated carbocycles. The van der Waals surface area contributed by atoms with Crippen LogP contribution in [0.2, 0.25) is 0 Å². The first-order valence-electron chi connectivity index (χ1n) is 6.29. The molecule has 1 amide bonds. The normalized spacial score (nSPS) is 33.7. The van der Waals surface area contributed by atoms with E-state index >= 15 is 0 Å². The Hall–Kier alpha value is -1.10. The summed E-state index contributed by atoms with van der Waals surface area (Å²) in [6.45, 7) is 4.14. The second-order valence-electron chi connectivity index (χ2n) is 5.34. The Balaban J connectivity index is 2.10. The number of likely N-dealkylation sites (tertiary alicyclic amines) is 1. The molecule has 2 aliphatic heterocycles. The molecule has 2 rings (SSSR count). The van der Waals surface area contributed by atoms with Crippen LogP contribution >= 0.6 is 0 Å². The van der Waals surface area contributed by atoms with Crippen LogP contribution < -0.4 is 5.32 Å². The Bertz CT molecular complexity index is 324. The molecule has 0 aromatic rings. The van der Waals surface area contributed by atoms with Gasteiger partial charge in [-0.2, -0.15) is 0 Å². The number of piperidine rings is 1. The van der Waals surface area contributed by atoms with Gasteiger partial charge in [0.25, 0.3) is 0 Å². The standard InChI is InChI=1S/C12H20N2O3/c1-12(5-3-6-13-8-12)11(17)14-7-2-4-9(14)10(15)16/h9,13H,2-8H2,1H3,(H,15,16)/t9-,12?/m0/s1. The maximum atomic E-state index is 12.5. The Kier molecular flexibility index (Phi) is 3.38. The number of carboxylic acid groups (broad SMARTS) is 1. The van der Waals surface area contributed by atoms with E-state index in [1.807, 2.05) is 6.92 Å². The van der Waals surface area contributed by atoms with Crippen molar-refractivity contribution in [3.05, 3.63) is 0 Å². The van der Waals surface area contributed by atoms with Crippen LogP contribution in [0.25, 0.3) is 0 Å². The van der Waals surface area contributed by atoms with Crippen LogP contribution in [0.4, 0.5) is 0 Å². The fraction of sp³-hybridized carbons (Fsp3) is 0.833. The van der Waals surface area contributed by atoms with Crippen LogP contribution in [-0.2, 0) is 9.59 Å². The summed E-state index contributed by atoms with van der Waals surface area (Å²) >= 11 is 0. The van der Waals surface area contributed by atoms with E-state index in [9.17, 15) is 9.59 Å². The van der Waals surface area contributed by atoms with Crippen LogP contribution in [0, 0.1) is 5.41 Å². The third-order valence-electron chi connectivity index (χ3n) is 3.91. The number of aliphatic carboxylic acids is 1. The molecule has 0 aliphatic carbocycles. The fourth-order valence-corrected chi connectivity index (χ4v) is 2.85. The number of hydrogen-bond acceptors (Lipinski definition) is 3. The summed E-state index contributed by atoms with van der Waals surface area (Å²) in [7, 11) is 0. The topological polar surface area (TPSA) is 69.6 Å². The van der Waals surface area contributed by atoms with E-state index in [1.165, 1.54) is 0 Å². The molecule has 17 heavy (non-hydrogen) atoms. The van der Waals surface area contributed by atoms with E-state index in [1.54, 1.807) is 4.90 Å². The minimum Gasteiger partial charge on any atom is -0.480 e. The first-order valence-corrected chi connectivity index (χ1v) is 6.29. The first kappa shape index (κ1) is 12.4. The lowest BCUT2D eigenvalue weighted by Crippen LogP contribution is -2.52. The zero-order valence-electron chi connectivity index (χ0n) is 10.2. The second kappa shape index (κ2) is 4.64. The minimum absolute atomic E-state index is 0.00889. The van der Waals surface area contributed by atoms with E-state index < -0.39 is 17.4 Å². The van der Waals surface area contributed by atoms with E-state index in [2.05, 4.69) is 5.32 Å². The molecule has 0 aromatic carbocycles. The molecule has 0 bridgehead atoms. The zero-order valence-corrected chi connectivity index (χ0v) is 10.2. The number of hydrogen-bond donors (Lipinski definition) is 2. The summed E-state index contributed by atoms with van der Waals surface area (Å²) < 4.78 is 0. The van der Waals surface area contributed by atoms with Gasteiger partial charge in [-0.25, -0.2) is 4.79 Å². The first-order chi connectivity index (χ1) is 8.04. The molecular weight excluding hydrogens is 220 g/mol. The Labute approximate surface area is 101 Å². The van der Waals surface area contributed by atoms with Gasteiger partial charge < -0.3 is 15.3 Å². The van der Waals surface area contributed by atoms with Gasteiger partial charge in [0.1, 0.15) is 6.04 Å². The van der Waals surface area contributed by atoms with Crippen molar-refractivity contribution in [2.75, 3.05) is 19.6 Å². The van der Waals surface area contributed by atoms with Crippen molar-refractivity contribution in [1.29, 1.82) is 0 Å². The number of nitrogens with zero attached hydrogens (tertiary/aromatic N) is 1. The van der Waals surface area contributed by atoms with Crippen LogP contribution in [0.5, 0.6) is 0 Å². The summed E-state index contributed by atoms with van der Waals surface area (Å²) in [5, 5.41) is 12.3. The monoisotopic (exact) mass is 240 g/mol. The lowest BCUT2D eigenvalue weighted by molar-refractivity contribution is -0.153. The molecule has 96 valence electrons. The predicted molar refractivity (Wildman–Crippen MR) is 62.6 cm³/mol. The summed E-state index contributed by atoms with van der Waals surface area (Å²) in [5.41, 5.74) is -0.420. The smallest absolute Gasteiger partial charge is 0.326 e. The average Bonchev–Trinajstić information content (AvgIpc) is 2.77. The van der Waals surface area contributed by atoms with E-state index in [4.69, 9.17) is 5.11 Å². The number of carbonyl (C=O) groups is 2. The maximum Gasteiger partial charge on any atom is 0.326 e. The van der Waals surface area contributed by atoms with Gasteiger partial charge in [0.2, 0.25) is 5.91 Å². The van der Waals surface area contributed by atoms with Gasteiger partial charge in [-0.15, -0.1) is 0 Å². The molecule has 2 atom stereocenters. The van der Waals surface area contributed by atoms with Crippen molar-refractivity contribution >= 4 is 11.9 Å². The number of rotatable bonds is 2. The fourth-order valence-electron chi connectivity index (χ4n) is 2.85. The Morgan fingerprint density at radius 1 is 1.41 bits per heavy atom.